The Bertz CT molecular complexity index is 243. The zero-order valence-electron chi connectivity index (χ0n) is 8.61. The van der Waals surface area contributed by atoms with Crippen LogP contribution in [0.25, 0.3) is 0 Å². The van der Waals surface area contributed by atoms with Crippen LogP contribution in [0.5, 0.6) is 0 Å². The molecule has 0 heterocycles. The zero-order chi connectivity index (χ0) is 11.0. The molecule has 1 atom stereocenters. The lowest BCUT2D eigenvalue weighted by Crippen LogP contribution is -2.36. The maximum atomic E-state index is 11.0. The van der Waals surface area contributed by atoms with Gasteiger partial charge in [0, 0.05) is 6.04 Å². The molecule has 0 aliphatic heterocycles. The number of rotatable bonds is 4. The minimum absolute atomic E-state index is 0.0572. The highest BCUT2D eigenvalue weighted by Gasteiger charge is 2.00. The second-order valence-electron chi connectivity index (χ2n) is 3.17. The molecule has 0 aromatic heterocycles. The smallest absolute Gasteiger partial charge is 0.334 e. The second kappa shape index (κ2) is 6.83. The van der Waals surface area contributed by atoms with Crippen LogP contribution in [0.3, 0.4) is 0 Å². The number of urea groups is 1. The molecular formula is C8H15N5O. The van der Waals surface area contributed by atoms with Crippen LogP contribution >= 0.6 is 0 Å². The summed E-state index contributed by atoms with van der Waals surface area (Å²) in [5.41, 5.74) is 2.20. The molecule has 78 valence electrons. The molecule has 0 rings (SSSR count). The molecule has 1 unspecified atom stereocenters. The van der Waals surface area contributed by atoms with Crippen LogP contribution in [0.2, 0.25) is 0 Å². The Morgan fingerprint density at radius 2 is 2.14 bits per heavy atom. The SMILES string of the molecule is CC(CC#N)N=NNC(=O)NC(C)C. The van der Waals surface area contributed by atoms with Crippen molar-refractivity contribution in [2.24, 2.45) is 10.3 Å². The van der Waals surface area contributed by atoms with E-state index < -0.39 is 6.03 Å². The van der Waals surface area contributed by atoms with Crippen molar-refractivity contribution in [1.82, 2.24) is 10.7 Å². The molecule has 0 aromatic carbocycles. The fraction of sp³-hybridized carbons (Fsp3) is 0.750. The average Bonchev–Trinajstić information content (AvgIpc) is 2.02. The Balaban J connectivity index is 3.71. The van der Waals surface area contributed by atoms with Gasteiger partial charge >= 0.3 is 6.03 Å². The summed E-state index contributed by atoms with van der Waals surface area (Å²) < 4.78 is 0. The van der Waals surface area contributed by atoms with E-state index >= 15 is 0 Å². The van der Waals surface area contributed by atoms with Gasteiger partial charge in [0.15, 0.2) is 0 Å². The van der Waals surface area contributed by atoms with Gasteiger partial charge in [0.05, 0.1) is 18.5 Å². The molecule has 2 amide bonds. The molecule has 0 bridgehead atoms. The van der Waals surface area contributed by atoms with E-state index in [4.69, 9.17) is 5.26 Å². The van der Waals surface area contributed by atoms with Gasteiger partial charge in [-0.2, -0.15) is 10.4 Å². The van der Waals surface area contributed by atoms with Gasteiger partial charge in [0.1, 0.15) is 0 Å². The third-order valence-corrected chi connectivity index (χ3v) is 1.21. The molecule has 14 heavy (non-hydrogen) atoms. The Labute approximate surface area is 83.4 Å². The summed E-state index contributed by atoms with van der Waals surface area (Å²) in [4.78, 5) is 11.0. The highest BCUT2D eigenvalue weighted by atomic mass is 16.2. The van der Waals surface area contributed by atoms with Crippen molar-refractivity contribution in [3.63, 3.8) is 0 Å². The van der Waals surface area contributed by atoms with E-state index in [-0.39, 0.29) is 18.5 Å². The Hall–Kier alpha value is -1.64. The summed E-state index contributed by atoms with van der Waals surface area (Å²) in [6, 6.07) is 1.42. The number of nitrogens with one attached hydrogen (secondary N) is 2. The van der Waals surface area contributed by atoms with Gasteiger partial charge in [0.2, 0.25) is 0 Å². The predicted molar refractivity (Wildman–Crippen MR) is 51.4 cm³/mol. The second-order valence-corrected chi connectivity index (χ2v) is 3.17. The molecule has 0 radical (unpaired) electrons. The van der Waals surface area contributed by atoms with Crippen molar-refractivity contribution in [2.75, 3.05) is 0 Å². The van der Waals surface area contributed by atoms with Gasteiger partial charge in [-0.05, 0) is 20.8 Å². The molecule has 0 saturated carbocycles. The van der Waals surface area contributed by atoms with Crippen LogP contribution in [-0.2, 0) is 0 Å². The van der Waals surface area contributed by atoms with E-state index in [1.54, 1.807) is 6.92 Å². The van der Waals surface area contributed by atoms with Crippen molar-refractivity contribution in [1.29, 1.82) is 5.26 Å². The van der Waals surface area contributed by atoms with Crippen molar-refractivity contribution in [3.8, 4) is 6.07 Å². The fourth-order valence-corrected chi connectivity index (χ4v) is 0.640. The molecule has 0 spiro atoms. The predicted octanol–water partition coefficient (Wildman–Crippen LogP) is 1.36. The van der Waals surface area contributed by atoms with Crippen LogP contribution in [-0.4, -0.2) is 18.1 Å². The minimum atomic E-state index is -0.395. The van der Waals surface area contributed by atoms with Crippen LogP contribution in [0.1, 0.15) is 27.2 Å². The summed E-state index contributed by atoms with van der Waals surface area (Å²) >= 11 is 0. The Kier molecular flexibility index (Phi) is 6.03. The number of carbonyl (C=O) groups is 1. The van der Waals surface area contributed by atoms with Gasteiger partial charge in [0.25, 0.3) is 0 Å². The number of amides is 2. The molecule has 2 N–H and O–H groups in total. The van der Waals surface area contributed by atoms with Crippen molar-refractivity contribution in [3.05, 3.63) is 0 Å². The first-order chi connectivity index (χ1) is 6.56. The van der Waals surface area contributed by atoms with Gasteiger partial charge in [-0.3, -0.25) is 0 Å². The van der Waals surface area contributed by atoms with Crippen LogP contribution in [0.15, 0.2) is 10.3 Å². The summed E-state index contributed by atoms with van der Waals surface area (Å²) in [5, 5.41) is 18.0. The van der Waals surface area contributed by atoms with Crippen LogP contribution < -0.4 is 10.7 Å². The quantitative estimate of drug-likeness (QED) is 0.526. The molecular weight excluding hydrogens is 182 g/mol. The summed E-state index contributed by atoms with van der Waals surface area (Å²) in [6.45, 7) is 5.43. The fourth-order valence-electron chi connectivity index (χ4n) is 0.640. The highest BCUT2D eigenvalue weighted by Crippen LogP contribution is 1.93. The van der Waals surface area contributed by atoms with E-state index in [0.717, 1.165) is 0 Å². The summed E-state index contributed by atoms with van der Waals surface area (Å²) in [7, 11) is 0. The number of nitrogens with zero attached hydrogens (tertiary/aromatic N) is 3. The maximum Gasteiger partial charge on any atom is 0.336 e. The monoisotopic (exact) mass is 197 g/mol. The average molecular weight is 197 g/mol. The maximum absolute atomic E-state index is 11.0. The molecule has 0 aliphatic rings. The molecule has 0 aromatic rings. The first-order valence-electron chi connectivity index (χ1n) is 4.39. The van der Waals surface area contributed by atoms with Crippen LogP contribution in [0.4, 0.5) is 4.79 Å². The molecule has 0 aliphatic carbocycles. The van der Waals surface area contributed by atoms with Gasteiger partial charge in [-0.25, -0.2) is 10.2 Å². The largest absolute Gasteiger partial charge is 0.336 e. The Morgan fingerprint density at radius 1 is 1.50 bits per heavy atom. The summed E-state index contributed by atoms with van der Waals surface area (Å²) in [5.74, 6) is 0. The standard InChI is InChI=1S/C8H15N5O/c1-6(2)10-8(14)12-13-11-7(3)4-5-9/h6-7H,4H2,1-3H3,(H2,10,11,12,14). The number of hydrogen-bond donors (Lipinski definition) is 2. The lowest BCUT2D eigenvalue weighted by atomic mass is 10.3. The van der Waals surface area contributed by atoms with E-state index in [0.29, 0.717) is 0 Å². The van der Waals surface area contributed by atoms with Crippen molar-refractivity contribution in [2.45, 2.75) is 39.3 Å². The van der Waals surface area contributed by atoms with E-state index in [1.807, 2.05) is 19.9 Å². The van der Waals surface area contributed by atoms with E-state index in [1.165, 1.54) is 0 Å². The summed E-state index contributed by atoms with van der Waals surface area (Å²) in [6.07, 6.45) is 0.289. The number of nitriles is 1. The lowest BCUT2D eigenvalue weighted by Gasteiger charge is -2.06. The topological polar surface area (TPSA) is 89.6 Å². The minimum Gasteiger partial charge on any atom is -0.334 e. The van der Waals surface area contributed by atoms with Crippen molar-refractivity contribution >= 4 is 6.03 Å². The third kappa shape index (κ3) is 7.03. The third-order valence-electron chi connectivity index (χ3n) is 1.21. The van der Waals surface area contributed by atoms with E-state index in [9.17, 15) is 4.79 Å². The highest BCUT2D eigenvalue weighted by molar-refractivity contribution is 5.73. The van der Waals surface area contributed by atoms with Crippen LogP contribution in [0, 0.1) is 11.3 Å². The molecule has 0 saturated heterocycles. The number of hydrogen-bond acceptors (Lipinski definition) is 4. The van der Waals surface area contributed by atoms with E-state index in [2.05, 4.69) is 21.1 Å². The van der Waals surface area contributed by atoms with Gasteiger partial charge in [-0.15, -0.1) is 0 Å². The normalized spacial score (nSPS) is 12.5. The zero-order valence-corrected chi connectivity index (χ0v) is 8.61. The first-order valence-corrected chi connectivity index (χ1v) is 4.39. The Morgan fingerprint density at radius 3 is 2.64 bits per heavy atom. The van der Waals surface area contributed by atoms with Crippen molar-refractivity contribution < 1.29 is 4.79 Å². The van der Waals surface area contributed by atoms with Gasteiger partial charge in [-0.1, -0.05) is 5.22 Å². The first kappa shape index (κ1) is 12.4. The molecule has 6 nitrogen and oxygen atoms in total. The van der Waals surface area contributed by atoms with Gasteiger partial charge < -0.3 is 5.32 Å². The lowest BCUT2D eigenvalue weighted by molar-refractivity contribution is 0.238. The molecule has 0 fully saturated rings. The number of carbonyl (C=O) groups excluding carboxylic acids is 1. The molecule has 6 heteroatoms.